The standard InChI is InChI=1S/C11H11Cl2N3O2S/c1-18-10(17)9-7(12)3-6(4-8(9)13)16-11(19-2)15-5-14/h3-4,11,15-16H,1-2H3. The summed E-state index contributed by atoms with van der Waals surface area (Å²) in [7, 11) is 1.25. The number of ether oxygens (including phenoxy) is 1. The minimum atomic E-state index is -0.599. The number of hydrogen-bond acceptors (Lipinski definition) is 6. The van der Waals surface area contributed by atoms with Crippen LogP contribution >= 0.6 is 35.0 Å². The molecule has 0 aromatic heterocycles. The molecule has 8 heteroatoms. The molecule has 1 aromatic carbocycles. The topological polar surface area (TPSA) is 74.2 Å². The molecule has 102 valence electrons. The highest BCUT2D eigenvalue weighted by Crippen LogP contribution is 2.30. The number of carbonyl (C=O) groups excluding carboxylic acids is 1. The fourth-order valence-electron chi connectivity index (χ4n) is 1.32. The molecular weight excluding hydrogens is 309 g/mol. The SMILES string of the molecule is COC(=O)c1c(Cl)cc(NC(NC#N)SC)cc1Cl. The lowest BCUT2D eigenvalue weighted by atomic mass is 10.2. The van der Waals surface area contributed by atoms with Crippen molar-refractivity contribution in [2.75, 3.05) is 18.7 Å². The van der Waals surface area contributed by atoms with E-state index in [-0.39, 0.29) is 21.1 Å². The molecule has 0 aliphatic carbocycles. The number of benzene rings is 1. The lowest BCUT2D eigenvalue weighted by Gasteiger charge is -2.17. The first-order valence-electron chi connectivity index (χ1n) is 5.04. The summed E-state index contributed by atoms with van der Waals surface area (Å²) in [5.74, 6) is -0.599. The molecule has 0 heterocycles. The van der Waals surface area contributed by atoms with Crippen molar-refractivity contribution < 1.29 is 9.53 Å². The second-order valence-corrected chi connectivity index (χ2v) is 5.08. The first-order chi connectivity index (χ1) is 9.03. The Kier molecular flexibility index (Phi) is 6.09. The Bertz CT molecular complexity index is 496. The van der Waals surface area contributed by atoms with Gasteiger partial charge in [0.15, 0.2) is 11.7 Å². The Balaban J connectivity index is 3.01. The van der Waals surface area contributed by atoms with Crippen molar-refractivity contribution in [1.29, 1.82) is 5.26 Å². The monoisotopic (exact) mass is 319 g/mol. The summed E-state index contributed by atoms with van der Waals surface area (Å²) in [4.78, 5) is 11.5. The van der Waals surface area contributed by atoms with Gasteiger partial charge in [-0.2, -0.15) is 5.26 Å². The normalized spacial score (nSPS) is 11.3. The molecule has 1 rings (SSSR count). The second-order valence-electron chi connectivity index (χ2n) is 3.32. The first kappa shape index (κ1) is 15.8. The van der Waals surface area contributed by atoms with Crippen molar-refractivity contribution in [1.82, 2.24) is 5.32 Å². The Morgan fingerprint density at radius 1 is 1.47 bits per heavy atom. The van der Waals surface area contributed by atoms with Crippen LogP contribution in [0.1, 0.15) is 10.4 Å². The molecule has 1 unspecified atom stereocenters. The Morgan fingerprint density at radius 3 is 2.47 bits per heavy atom. The Morgan fingerprint density at radius 2 is 2.05 bits per heavy atom. The van der Waals surface area contributed by atoms with Crippen molar-refractivity contribution in [3.8, 4) is 6.19 Å². The maximum absolute atomic E-state index is 11.5. The van der Waals surface area contributed by atoms with Gasteiger partial charge in [0, 0.05) is 5.69 Å². The van der Waals surface area contributed by atoms with Crippen LogP contribution in [0, 0.1) is 11.5 Å². The molecule has 5 nitrogen and oxygen atoms in total. The maximum Gasteiger partial charge on any atom is 0.340 e. The predicted molar refractivity (Wildman–Crippen MR) is 77.5 cm³/mol. The van der Waals surface area contributed by atoms with Crippen molar-refractivity contribution in [2.45, 2.75) is 5.50 Å². The van der Waals surface area contributed by atoms with E-state index in [0.717, 1.165) is 0 Å². The van der Waals surface area contributed by atoms with E-state index in [1.165, 1.54) is 18.9 Å². The van der Waals surface area contributed by atoms with E-state index in [2.05, 4.69) is 15.4 Å². The lowest BCUT2D eigenvalue weighted by Crippen LogP contribution is -2.29. The van der Waals surface area contributed by atoms with Gasteiger partial charge in [-0.3, -0.25) is 5.32 Å². The van der Waals surface area contributed by atoms with Crippen LogP contribution in [-0.4, -0.2) is 24.8 Å². The fourth-order valence-corrected chi connectivity index (χ4v) is 2.38. The van der Waals surface area contributed by atoms with E-state index in [1.807, 2.05) is 12.4 Å². The zero-order valence-electron chi connectivity index (χ0n) is 10.2. The average Bonchev–Trinajstić information content (AvgIpc) is 2.37. The highest BCUT2D eigenvalue weighted by molar-refractivity contribution is 7.99. The molecule has 0 spiro atoms. The highest BCUT2D eigenvalue weighted by atomic mass is 35.5. The van der Waals surface area contributed by atoms with Crippen LogP contribution in [0.2, 0.25) is 10.0 Å². The molecule has 1 aromatic rings. The van der Waals surface area contributed by atoms with Gasteiger partial charge in [0.05, 0.1) is 22.7 Å². The maximum atomic E-state index is 11.5. The van der Waals surface area contributed by atoms with Gasteiger partial charge in [-0.15, -0.1) is 11.8 Å². The third-order valence-electron chi connectivity index (χ3n) is 2.16. The molecule has 1 atom stereocenters. The molecule has 0 saturated heterocycles. The number of halogens is 2. The summed E-state index contributed by atoms with van der Waals surface area (Å²) in [6.07, 6.45) is 3.66. The van der Waals surface area contributed by atoms with Crippen molar-refractivity contribution >= 4 is 46.6 Å². The minimum Gasteiger partial charge on any atom is -0.465 e. The number of thioether (sulfide) groups is 1. The fraction of sp³-hybridized carbons (Fsp3) is 0.273. The number of methoxy groups -OCH3 is 1. The Hall–Kier alpha value is -1.29. The Labute approximate surface area is 125 Å². The molecule has 0 saturated carbocycles. The molecule has 19 heavy (non-hydrogen) atoms. The third-order valence-corrected chi connectivity index (χ3v) is 3.46. The van der Waals surface area contributed by atoms with E-state index >= 15 is 0 Å². The van der Waals surface area contributed by atoms with Gasteiger partial charge < -0.3 is 10.1 Å². The molecule has 0 radical (unpaired) electrons. The van der Waals surface area contributed by atoms with E-state index in [9.17, 15) is 4.79 Å². The second kappa shape index (κ2) is 7.34. The van der Waals surface area contributed by atoms with Crippen LogP contribution in [-0.2, 0) is 4.74 Å². The first-order valence-corrected chi connectivity index (χ1v) is 7.09. The summed E-state index contributed by atoms with van der Waals surface area (Å²) in [6.45, 7) is 0. The van der Waals surface area contributed by atoms with Crippen molar-refractivity contribution in [2.24, 2.45) is 0 Å². The third kappa shape index (κ3) is 4.10. The van der Waals surface area contributed by atoms with Crippen molar-refractivity contribution in [3.05, 3.63) is 27.7 Å². The quantitative estimate of drug-likeness (QED) is 0.376. The molecule has 0 bridgehead atoms. The van der Waals surface area contributed by atoms with Crippen LogP contribution in [0.4, 0.5) is 5.69 Å². The average molecular weight is 320 g/mol. The van der Waals surface area contributed by atoms with Gasteiger partial charge in [0.25, 0.3) is 0 Å². The molecule has 0 aliphatic heterocycles. The van der Waals surface area contributed by atoms with Gasteiger partial charge in [-0.05, 0) is 18.4 Å². The number of nitrogens with one attached hydrogen (secondary N) is 2. The molecule has 0 amide bonds. The number of nitrogens with zero attached hydrogens (tertiary/aromatic N) is 1. The van der Waals surface area contributed by atoms with Crippen molar-refractivity contribution in [3.63, 3.8) is 0 Å². The summed E-state index contributed by atoms with van der Waals surface area (Å²) in [6, 6.07) is 3.09. The van der Waals surface area contributed by atoms with Crippen LogP contribution < -0.4 is 10.6 Å². The van der Waals surface area contributed by atoms with Gasteiger partial charge in [-0.1, -0.05) is 23.2 Å². The highest BCUT2D eigenvalue weighted by Gasteiger charge is 2.17. The summed E-state index contributed by atoms with van der Waals surface area (Å²) < 4.78 is 4.59. The van der Waals surface area contributed by atoms with E-state index in [4.69, 9.17) is 28.5 Å². The number of anilines is 1. The largest absolute Gasteiger partial charge is 0.465 e. The zero-order chi connectivity index (χ0) is 14.4. The van der Waals surface area contributed by atoms with Crippen LogP contribution in [0.3, 0.4) is 0 Å². The van der Waals surface area contributed by atoms with Crippen LogP contribution in [0.15, 0.2) is 12.1 Å². The lowest BCUT2D eigenvalue weighted by molar-refractivity contribution is 0.0601. The summed E-state index contributed by atoms with van der Waals surface area (Å²) in [5.41, 5.74) is 0.385. The molecule has 0 aliphatic rings. The van der Waals surface area contributed by atoms with E-state index in [1.54, 1.807) is 12.1 Å². The number of hydrogen-bond donors (Lipinski definition) is 2. The minimum absolute atomic E-state index is 0.116. The number of nitriles is 1. The van der Waals surface area contributed by atoms with Crippen LogP contribution in [0.25, 0.3) is 0 Å². The predicted octanol–water partition coefficient (Wildman–Crippen LogP) is 2.91. The number of carbonyl (C=O) groups is 1. The number of esters is 1. The molecule has 0 fully saturated rings. The summed E-state index contributed by atoms with van der Waals surface area (Å²) in [5, 5.41) is 14.5. The van der Waals surface area contributed by atoms with Gasteiger partial charge >= 0.3 is 5.97 Å². The van der Waals surface area contributed by atoms with E-state index < -0.39 is 5.97 Å². The van der Waals surface area contributed by atoms with Crippen LogP contribution in [0.5, 0.6) is 0 Å². The molecule has 2 N–H and O–H groups in total. The smallest absolute Gasteiger partial charge is 0.340 e. The van der Waals surface area contributed by atoms with Gasteiger partial charge in [0.2, 0.25) is 0 Å². The van der Waals surface area contributed by atoms with Gasteiger partial charge in [0.1, 0.15) is 0 Å². The van der Waals surface area contributed by atoms with Gasteiger partial charge in [-0.25, -0.2) is 4.79 Å². The molecular formula is C11H11Cl2N3O2S. The van der Waals surface area contributed by atoms with E-state index in [0.29, 0.717) is 5.69 Å². The summed E-state index contributed by atoms with van der Waals surface area (Å²) >= 11 is 13.4. The zero-order valence-corrected chi connectivity index (χ0v) is 12.5. The number of rotatable bonds is 5.